The summed E-state index contributed by atoms with van der Waals surface area (Å²) in [6.45, 7) is 6.10. The van der Waals surface area contributed by atoms with Crippen LogP contribution in [0.5, 0.6) is 0 Å². The van der Waals surface area contributed by atoms with Crippen LogP contribution in [-0.4, -0.2) is 38.3 Å². The van der Waals surface area contributed by atoms with Crippen LogP contribution >= 0.6 is 0 Å². The third-order valence-corrected chi connectivity index (χ3v) is 7.03. The predicted molar refractivity (Wildman–Crippen MR) is 99.2 cm³/mol. The Hall–Kier alpha value is -1.40. The lowest BCUT2D eigenvalue weighted by molar-refractivity contribution is -0.118. The van der Waals surface area contributed by atoms with E-state index in [0.717, 1.165) is 43.4 Å². The van der Waals surface area contributed by atoms with Gasteiger partial charge < -0.3 is 4.90 Å². The number of carbonyl (C=O) groups excluding carboxylic acids is 1. The van der Waals surface area contributed by atoms with Crippen molar-refractivity contribution in [2.24, 2.45) is 5.92 Å². The summed E-state index contributed by atoms with van der Waals surface area (Å²) >= 11 is 0. The number of sulfonamides is 1. The first-order valence-electron chi connectivity index (χ1n) is 9.33. The zero-order valence-corrected chi connectivity index (χ0v) is 16.0. The molecule has 2 heterocycles. The van der Waals surface area contributed by atoms with E-state index in [-0.39, 0.29) is 5.91 Å². The Morgan fingerprint density at radius 3 is 2.52 bits per heavy atom. The molecule has 1 aromatic rings. The highest BCUT2D eigenvalue weighted by molar-refractivity contribution is 7.89. The van der Waals surface area contributed by atoms with Gasteiger partial charge in [-0.15, -0.1) is 0 Å². The maximum atomic E-state index is 12.8. The monoisotopic (exact) mass is 364 g/mol. The van der Waals surface area contributed by atoms with Crippen molar-refractivity contribution in [2.75, 3.05) is 24.5 Å². The van der Waals surface area contributed by atoms with E-state index in [2.05, 4.69) is 13.8 Å². The predicted octanol–water partition coefficient (Wildman–Crippen LogP) is 3.19. The standard InChI is InChI=1S/C19H28N2O3S/c1-15(2)6-9-19(22)21-13-10-16-14-17(7-8-18(16)21)25(23,24)20-11-4-3-5-12-20/h7-8,14-15H,3-6,9-13H2,1-2H3. The second kappa shape index (κ2) is 7.46. The maximum absolute atomic E-state index is 12.8. The number of fused-ring (bicyclic) bond motifs is 1. The molecule has 0 unspecified atom stereocenters. The number of carbonyl (C=O) groups is 1. The van der Waals surface area contributed by atoms with Crippen molar-refractivity contribution in [2.45, 2.75) is 57.3 Å². The van der Waals surface area contributed by atoms with Gasteiger partial charge in [-0.05, 0) is 55.4 Å². The highest BCUT2D eigenvalue weighted by atomic mass is 32.2. The van der Waals surface area contributed by atoms with Gasteiger partial charge >= 0.3 is 0 Å². The molecule has 0 radical (unpaired) electrons. The molecule has 0 atom stereocenters. The Bertz CT molecular complexity index is 737. The molecule has 6 heteroatoms. The molecular formula is C19H28N2O3S. The van der Waals surface area contributed by atoms with Crippen LogP contribution in [0.15, 0.2) is 23.1 Å². The van der Waals surface area contributed by atoms with Gasteiger partial charge in [-0.2, -0.15) is 4.31 Å². The molecule has 0 bridgehead atoms. The summed E-state index contributed by atoms with van der Waals surface area (Å²) in [7, 11) is -3.41. The average Bonchev–Trinajstić information content (AvgIpc) is 3.03. The van der Waals surface area contributed by atoms with Crippen LogP contribution in [0.25, 0.3) is 0 Å². The second-order valence-corrected chi connectivity index (χ2v) is 9.42. The van der Waals surface area contributed by atoms with E-state index in [4.69, 9.17) is 0 Å². The fourth-order valence-electron chi connectivity index (χ4n) is 3.60. The highest BCUT2D eigenvalue weighted by Gasteiger charge is 2.29. The lowest BCUT2D eigenvalue weighted by Crippen LogP contribution is -2.35. The van der Waals surface area contributed by atoms with E-state index in [9.17, 15) is 13.2 Å². The van der Waals surface area contributed by atoms with Crippen LogP contribution in [0.4, 0.5) is 5.69 Å². The normalized spacial score (nSPS) is 18.6. The van der Waals surface area contributed by atoms with Gasteiger partial charge in [0.1, 0.15) is 0 Å². The third kappa shape index (κ3) is 3.90. The molecule has 1 aromatic carbocycles. The van der Waals surface area contributed by atoms with Crippen molar-refractivity contribution in [3.63, 3.8) is 0 Å². The number of rotatable bonds is 5. The molecule has 0 saturated carbocycles. The smallest absolute Gasteiger partial charge is 0.243 e. The van der Waals surface area contributed by atoms with Crippen molar-refractivity contribution in [1.82, 2.24) is 4.31 Å². The topological polar surface area (TPSA) is 57.7 Å². The van der Waals surface area contributed by atoms with Gasteiger partial charge in [-0.3, -0.25) is 4.79 Å². The summed E-state index contributed by atoms with van der Waals surface area (Å²) in [6.07, 6.45) is 5.12. The van der Waals surface area contributed by atoms with Gasteiger partial charge in [-0.25, -0.2) is 8.42 Å². The summed E-state index contributed by atoms with van der Waals surface area (Å²) in [4.78, 5) is 14.6. The molecular weight excluding hydrogens is 336 g/mol. The van der Waals surface area contributed by atoms with E-state index >= 15 is 0 Å². The van der Waals surface area contributed by atoms with Gasteiger partial charge in [0.2, 0.25) is 15.9 Å². The maximum Gasteiger partial charge on any atom is 0.243 e. The number of hydrogen-bond donors (Lipinski definition) is 0. The molecule has 0 aromatic heterocycles. The van der Waals surface area contributed by atoms with Gasteiger partial charge in [0.05, 0.1) is 4.90 Å². The summed E-state index contributed by atoms with van der Waals surface area (Å²) in [5.74, 6) is 0.641. The molecule has 0 N–H and O–H groups in total. The average molecular weight is 365 g/mol. The largest absolute Gasteiger partial charge is 0.312 e. The minimum absolute atomic E-state index is 0.138. The van der Waals surface area contributed by atoms with Crippen molar-refractivity contribution in [3.8, 4) is 0 Å². The van der Waals surface area contributed by atoms with Crippen molar-refractivity contribution < 1.29 is 13.2 Å². The fourth-order valence-corrected chi connectivity index (χ4v) is 5.17. The van der Waals surface area contributed by atoms with Gasteiger partial charge in [0, 0.05) is 31.7 Å². The molecule has 3 rings (SSSR count). The molecule has 0 spiro atoms. The lowest BCUT2D eigenvalue weighted by atomic mass is 10.1. The SMILES string of the molecule is CC(C)CCC(=O)N1CCc2cc(S(=O)(=O)N3CCCCC3)ccc21. The fraction of sp³-hybridized carbons (Fsp3) is 0.632. The van der Waals surface area contributed by atoms with E-state index < -0.39 is 10.0 Å². The number of amides is 1. The molecule has 25 heavy (non-hydrogen) atoms. The van der Waals surface area contributed by atoms with Gasteiger partial charge in [0.15, 0.2) is 0 Å². The van der Waals surface area contributed by atoms with E-state index in [0.29, 0.717) is 36.9 Å². The first-order chi connectivity index (χ1) is 11.9. The molecule has 138 valence electrons. The minimum Gasteiger partial charge on any atom is -0.312 e. The summed E-state index contributed by atoms with van der Waals surface area (Å²) in [5.41, 5.74) is 1.85. The van der Waals surface area contributed by atoms with Gasteiger partial charge in [0.25, 0.3) is 0 Å². The minimum atomic E-state index is -3.41. The highest BCUT2D eigenvalue weighted by Crippen LogP contribution is 2.32. The number of nitrogens with zero attached hydrogens (tertiary/aromatic N) is 2. The molecule has 5 nitrogen and oxygen atoms in total. The Morgan fingerprint density at radius 1 is 1.12 bits per heavy atom. The van der Waals surface area contributed by atoms with Crippen LogP contribution < -0.4 is 4.90 Å². The summed E-state index contributed by atoms with van der Waals surface area (Å²) in [6, 6.07) is 5.25. The van der Waals surface area contributed by atoms with E-state index in [1.54, 1.807) is 16.4 Å². The number of hydrogen-bond acceptors (Lipinski definition) is 3. The first-order valence-corrected chi connectivity index (χ1v) is 10.8. The molecule has 1 fully saturated rings. The molecule has 0 aliphatic carbocycles. The van der Waals surface area contributed by atoms with E-state index in [1.807, 2.05) is 11.0 Å². The molecule has 2 aliphatic heterocycles. The van der Waals surface area contributed by atoms with Crippen molar-refractivity contribution in [1.29, 1.82) is 0 Å². The quantitative estimate of drug-likeness (QED) is 0.806. The zero-order valence-electron chi connectivity index (χ0n) is 15.2. The Kier molecular flexibility index (Phi) is 5.49. The Morgan fingerprint density at radius 2 is 1.84 bits per heavy atom. The van der Waals surface area contributed by atoms with Crippen LogP contribution in [0, 0.1) is 5.92 Å². The molecule has 2 aliphatic rings. The molecule has 1 amide bonds. The third-order valence-electron chi connectivity index (χ3n) is 5.14. The van der Waals surface area contributed by atoms with Crippen LogP contribution in [0.1, 0.15) is 51.5 Å². The van der Waals surface area contributed by atoms with E-state index in [1.165, 1.54) is 0 Å². The Balaban J connectivity index is 1.78. The molecule has 1 saturated heterocycles. The number of piperidine rings is 1. The zero-order chi connectivity index (χ0) is 18.0. The van der Waals surface area contributed by atoms with Crippen LogP contribution in [-0.2, 0) is 21.2 Å². The Labute approximate surface area is 151 Å². The van der Waals surface area contributed by atoms with Crippen LogP contribution in [0.3, 0.4) is 0 Å². The van der Waals surface area contributed by atoms with Gasteiger partial charge in [-0.1, -0.05) is 20.3 Å². The first kappa shape index (κ1) is 18.4. The summed E-state index contributed by atoms with van der Waals surface area (Å²) < 4.78 is 27.2. The van der Waals surface area contributed by atoms with Crippen molar-refractivity contribution >= 4 is 21.6 Å². The lowest BCUT2D eigenvalue weighted by Gasteiger charge is -2.26. The number of anilines is 1. The van der Waals surface area contributed by atoms with Crippen LogP contribution in [0.2, 0.25) is 0 Å². The number of benzene rings is 1. The second-order valence-electron chi connectivity index (χ2n) is 7.48. The van der Waals surface area contributed by atoms with Crippen molar-refractivity contribution in [3.05, 3.63) is 23.8 Å². The summed E-state index contributed by atoms with van der Waals surface area (Å²) in [5, 5.41) is 0.